The molecule has 84 valence electrons. The lowest BCUT2D eigenvalue weighted by atomic mass is 9.68. The molecule has 1 aromatic heterocycles. The predicted octanol–water partition coefficient (Wildman–Crippen LogP) is 1.81. The van der Waals surface area contributed by atoms with Gasteiger partial charge < -0.3 is 4.90 Å². The lowest BCUT2D eigenvalue weighted by Gasteiger charge is -2.41. The number of aromatic nitrogens is 1. The SMILES string of the molecule is C[C@@H]1CN(C)CC[C@]1(C#N)c1cccnc1. The Morgan fingerprint density at radius 3 is 3.00 bits per heavy atom. The molecule has 0 amide bonds. The molecule has 1 aromatic rings. The average Bonchev–Trinajstić information content (AvgIpc) is 2.31. The monoisotopic (exact) mass is 215 g/mol. The van der Waals surface area contributed by atoms with E-state index in [0.29, 0.717) is 5.92 Å². The van der Waals surface area contributed by atoms with E-state index in [9.17, 15) is 5.26 Å². The summed E-state index contributed by atoms with van der Waals surface area (Å²) in [5, 5.41) is 9.56. The highest BCUT2D eigenvalue weighted by molar-refractivity contribution is 5.32. The summed E-state index contributed by atoms with van der Waals surface area (Å²) >= 11 is 0. The van der Waals surface area contributed by atoms with Gasteiger partial charge in [0.15, 0.2) is 0 Å². The first kappa shape index (κ1) is 11.1. The van der Waals surface area contributed by atoms with Gasteiger partial charge in [-0.25, -0.2) is 0 Å². The number of nitrogens with zero attached hydrogens (tertiary/aromatic N) is 3. The van der Waals surface area contributed by atoms with E-state index in [4.69, 9.17) is 0 Å². The third kappa shape index (κ3) is 1.70. The first-order valence-electron chi connectivity index (χ1n) is 5.69. The second-order valence-corrected chi connectivity index (χ2v) is 4.74. The van der Waals surface area contributed by atoms with Crippen LogP contribution in [0.3, 0.4) is 0 Å². The zero-order valence-electron chi connectivity index (χ0n) is 9.85. The smallest absolute Gasteiger partial charge is 0.0886 e. The first-order valence-corrected chi connectivity index (χ1v) is 5.69. The largest absolute Gasteiger partial charge is 0.306 e. The molecule has 1 aliphatic heterocycles. The Morgan fingerprint density at radius 1 is 1.62 bits per heavy atom. The van der Waals surface area contributed by atoms with Gasteiger partial charge in [0, 0.05) is 18.9 Å². The second-order valence-electron chi connectivity index (χ2n) is 4.74. The van der Waals surface area contributed by atoms with Crippen LogP contribution in [0.2, 0.25) is 0 Å². The van der Waals surface area contributed by atoms with Crippen molar-refractivity contribution < 1.29 is 0 Å². The molecule has 1 fully saturated rings. The number of nitriles is 1. The van der Waals surface area contributed by atoms with Crippen molar-refractivity contribution in [3.63, 3.8) is 0 Å². The molecule has 0 unspecified atom stereocenters. The lowest BCUT2D eigenvalue weighted by Crippen LogP contribution is -2.46. The van der Waals surface area contributed by atoms with Gasteiger partial charge in [0.25, 0.3) is 0 Å². The van der Waals surface area contributed by atoms with Crippen LogP contribution in [0, 0.1) is 17.2 Å². The molecule has 0 spiro atoms. The quantitative estimate of drug-likeness (QED) is 0.717. The molecule has 0 N–H and O–H groups in total. The molecule has 2 heterocycles. The van der Waals surface area contributed by atoms with Crippen molar-refractivity contribution in [2.45, 2.75) is 18.8 Å². The molecular weight excluding hydrogens is 198 g/mol. The number of hydrogen-bond acceptors (Lipinski definition) is 3. The Kier molecular flexibility index (Phi) is 2.93. The van der Waals surface area contributed by atoms with Crippen molar-refractivity contribution in [3.05, 3.63) is 30.1 Å². The van der Waals surface area contributed by atoms with Crippen LogP contribution >= 0.6 is 0 Å². The maximum absolute atomic E-state index is 9.56. The van der Waals surface area contributed by atoms with Crippen molar-refractivity contribution in [2.24, 2.45) is 5.92 Å². The summed E-state index contributed by atoms with van der Waals surface area (Å²) in [4.78, 5) is 6.43. The minimum Gasteiger partial charge on any atom is -0.306 e. The molecule has 0 aromatic carbocycles. The van der Waals surface area contributed by atoms with Crippen molar-refractivity contribution >= 4 is 0 Å². The Morgan fingerprint density at radius 2 is 2.44 bits per heavy atom. The number of likely N-dealkylation sites (tertiary alicyclic amines) is 1. The molecule has 1 aliphatic rings. The zero-order valence-corrected chi connectivity index (χ0v) is 9.85. The minimum absolute atomic E-state index is 0.346. The highest BCUT2D eigenvalue weighted by Gasteiger charge is 2.41. The molecule has 0 bridgehead atoms. The zero-order chi connectivity index (χ0) is 11.6. The van der Waals surface area contributed by atoms with Crippen LogP contribution in [-0.4, -0.2) is 30.0 Å². The van der Waals surface area contributed by atoms with Gasteiger partial charge in [-0.3, -0.25) is 4.98 Å². The molecule has 0 saturated carbocycles. The van der Waals surface area contributed by atoms with Gasteiger partial charge in [0.05, 0.1) is 11.5 Å². The van der Waals surface area contributed by atoms with E-state index in [-0.39, 0.29) is 5.41 Å². The second kappa shape index (κ2) is 4.23. The van der Waals surface area contributed by atoms with E-state index in [1.807, 2.05) is 18.3 Å². The van der Waals surface area contributed by atoms with Gasteiger partial charge in [0.2, 0.25) is 0 Å². The highest BCUT2D eigenvalue weighted by atomic mass is 15.1. The highest BCUT2D eigenvalue weighted by Crippen LogP contribution is 2.38. The van der Waals surface area contributed by atoms with Gasteiger partial charge in [0.1, 0.15) is 0 Å². The number of pyridine rings is 1. The van der Waals surface area contributed by atoms with Crippen LogP contribution in [0.5, 0.6) is 0 Å². The molecule has 2 rings (SSSR count). The Balaban J connectivity index is 2.37. The fraction of sp³-hybridized carbons (Fsp3) is 0.538. The molecule has 3 nitrogen and oxygen atoms in total. The van der Waals surface area contributed by atoms with Gasteiger partial charge in [-0.15, -0.1) is 0 Å². The number of piperidine rings is 1. The maximum Gasteiger partial charge on any atom is 0.0886 e. The lowest BCUT2D eigenvalue weighted by molar-refractivity contribution is 0.157. The third-order valence-electron chi connectivity index (χ3n) is 3.69. The van der Waals surface area contributed by atoms with Crippen LogP contribution < -0.4 is 0 Å². The van der Waals surface area contributed by atoms with Crippen LogP contribution in [0.15, 0.2) is 24.5 Å². The normalized spacial score (nSPS) is 30.9. The van der Waals surface area contributed by atoms with Crippen molar-refractivity contribution in [2.75, 3.05) is 20.1 Å². The van der Waals surface area contributed by atoms with Gasteiger partial charge in [-0.1, -0.05) is 13.0 Å². The van der Waals surface area contributed by atoms with Crippen LogP contribution in [0.4, 0.5) is 0 Å². The van der Waals surface area contributed by atoms with E-state index in [1.54, 1.807) is 6.20 Å². The summed E-state index contributed by atoms with van der Waals surface area (Å²) in [6.07, 6.45) is 4.49. The van der Waals surface area contributed by atoms with E-state index in [0.717, 1.165) is 25.1 Å². The van der Waals surface area contributed by atoms with Crippen molar-refractivity contribution in [1.82, 2.24) is 9.88 Å². The fourth-order valence-electron chi connectivity index (χ4n) is 2.61. The molecule has 0 radical (unpaired) electrons. The van der Waals surface area contributed by atoms with E-state index < -0.39 is 0 Å². The average molecular weight is 215 g/mol. The molecule has 16 heavy (non-hydrogen) atoms. The summed E-state index contributed by atoms with van der Waals surface area (Å²) in [7, 11) is 2.11. The first-order chi connectivity index (χ1) is 7.69. The maximum atomic E-state index is 9.56. The number of rotatable bonds is 1. The Hall–Kier alpha value is -1.40. The van der Waals surface area contributed by atoms with E-state index in [2.05, 4.69) is 29.9 Å². The summed E-state index contributed by atoms with van der Waals surface area (Å²) in [5.41, 5.74) is 0.721. The van der Waals surface area contributed by atoms with Crippen molar-refractivity contribution in [3.8, 4) is 6.07 Å². The third-order valence-corrected chi connectivity index (χ3v) is 3.69. The van der Waals surface area contributed by atoms with Gasteiger partial charge in [-0.05, 0) is 37.6 Å². The Bertz CT molecular complexity index is 395. The summed E-state index contributed by atoms with van der Waals surface area (Å²) in [5.74, 6) is 0.348. The predicted molar refractivity (Wildman–Crippen MR) is 62.8 cm³/mol. The molecule has 2 atom stereocenters. The topological polar surface area (TPSA) is 39.9 Å². The van der Waals surface area contributed by atoms with E-state index >= 15 is 0 Å². The molecule has 1 saturated heterocycles. The summed E-state index contributed by atoms with van der Waals surface area (Å²) < 4.78 is 0. The molecule has 3 heteroatoms. The molecular formula is C13H17N3. The summed E-state index contributed by atoms with van der Waals surface area (Å²) in [6.45, 7) is 4.11. The van der Waals surface area contributed by atoms with Gasteiger partial charge >= 0.3 is 0 Å². The fourth-order valence-corrected chi connectivity index (χ4v) is 2.61. The number of hydrogen-bond donors (Lipinski definition) is 0. The Labute approximate surface area is 96.7 Å². The standard InChI is InChI=1S/C13H17N3/c1-11-9-16(2)7-5-13(11,10-14)12-4-3-6-15-8-12/h3-4,6,8,11H,5,7,9H2,1-2H3/t11-,13-/m1/s1. The van der Waals surface area contributed by atoms with Gasteiger partial charge in [-0.2, -0.15) is 5.26 Å². The van der Waals surface area contributed by atoms with E-state index in [1.165, 1.54) is 0 Å². The van der Waals surface area contributed by atoms with Crippen molar-refractivity contribution in [1.29, 1.82) is 5.26 Å². The summed E-state index contributed by atoms with van der Waals surface area (Å²) in [6, 6.07) is 6.48. The van der Waals surface area contributed by atoms with Crippen LogP contribution in [0.1, 0.15) is 18.9 Å². The van der Waals surface area contributed by atoms with Crippen LogP contribution in [-0.2, 0) is 5.41 Å². The minimum atomic E-state index is -0.346. The van der Waals surface area contributed by atoms with Crippen LogP contribution in [0.25, 0.3) is 0 Å². The molecule has 0 aliphatic carbocycles.